The molecule has 0 aromatic heterocycles. The number of aliphatic hydroxyl groups is 1. The summed E-state index contributed by atoms with van der Waals surface area (Å²) >= 11 is 11.9. The van der Waals surface area contributed by atoms with Crippen molar-refractivity contribution in [2.24, 2.45) is 5.92 Å². The van der Waals surface area contributed by atoms with Crippen LogP contribution in [0.15, 0.2) is 23.8 Å². The predicted molar refractivity (Wildman–Crippen MR) is 78.1 cm³/mol. The molecule has 1 N–H and O–H groups in total. The SMILES string of the molecule is OCC(=Cc1ccc(Cl)c(Cl)c1)C1CCCCC1. The van der Waals surface area contributed by atoms with Gasteiger partial charge in [-0.3, -0.25) is 0 Å². The fourth-order valence-electron chi connectivity index (χ4n) is 2.58. The van der Waals surface area contributed by atoms with E-state index in [2.05, 4.69) is 6.08 Å². The van der Waals surface area contributed by atoms with Gasteiger partial charge in [-0.05, 0) is 42.0 Å². The lowest BCUT2D eigenvalue weighted by Gasteiger charge is -2.23. The van der Waals surface area contributed by atoms with Crippen molar-refractivity contribution < 1.29 is 5.11 Å². The lowest BCUT2D eigenvalue weighted by molar-refractivity contribution is 0.295. The Balaban J connectivity index is 2.19. The molecular formula is C15H18Cl2O. The standard InChI is InChI=1S/C15H18Cl2O/c16-14-7-6-11(9-15(14)17)8-13(10-18)12-4-2-1-3-5-12/h6-9,12,18H,1-5,10H2. The number of rotatable bonds is 3. The van der Waals surface area contributed by atoms with Crippen LogP contribution in [-0.2, 0) is 0 Å². The van der Waals surface area contributed by atoms with Crippen LogP contribution in [0.25, 0.3) is 6.08 Å². The molecule has 1 aliphatic rings. The van der Waals surface area contributed by atoms with Gasteiger partial charge in [0.1, 0.15) is 0 Å². The normalized spacial score (nSPS) is 18.1. The predicted octanol–water partition coefficient (Wildman–Crippen LogP) is 4.95. The molecule has 98 valence electrons. The van der Waals surface area contributed by atoms with Crippen LogP contribution in [0, 0.1) is 5.92 Å². The second-order valence-corrected chi connectivity index (χ2v) is 5.70. The van der Waals surface area contributed by atoms with E-state index in [0.717, 1.165) is 11.1 Å². The second kappa shape index (κ2) is 6.60. The Bertz CT molecular complexity index is 434. The fraction of sp³-hybridized carbons (Fsp3) is 0.467. The Kier molecular flexibility index (Phi) is 5.11. The van der Waals surface area contributed by atoms with Crippen molar-refractivity contribution in [3.8, 4) is 0 Å². The van der Waals surface area contributed by atoms with Gasteiger partial charge in [0, 0.05) is 0 Å². The molecule has 0 atom stereocenters. The van der Waals surface area contributed by atoms with Crippen LogP contribution in [-0.4, -0.2) is 11.7 Å². The summed E-state index contributed by atoms with van der Waals surface area (Å²) in [6.45, 7) is 0.130. The summed E-state index contributed by atoms with van der Waals surface area (Å²) in [6, 6.07) is 5.58. The molecule has 0 spiro atoms. The first kappa shape index (κ1) is 13.9. The van der Waals surface area contributed by atoms with Gasteiger partial charge in [-0.15, -0.1) is 0 Å². The van der Waals surface area contributed by atoms with E-state index in [4.69, 9.17) is 23.2 Å². The highest BCUT2D eigenvalue weighted by Gasteiger charge is 2.17. The number of aliphatic hydroxyl groups excluding tert-OH is 1. The maximum atomic E-state index is 9.54. The molecule has 0 heterocycles. The third kappa shape index (κ3) is 3.50. The van der Waals surface area contributed by atoms with E-state index in [1.54, 1.807) is 6.07 Å². The van der Waals surface area contributed by atoms with Crippen LogP contribution < -0.4 is 0 Å². The minimum atomic E-state index is 0.130. The highest BCUT2D eigenvalue weighted by atomic mass is 35.5. The lowest BCUT2D eigenvalue weighted by Crippen LogP contribution is -2.11. The third-order valence-electron chi connectivity index (χ3n) is 3.61. The molecule has 0 aliphatic heterocycles. The average Bonchev–Trinajstić information content (AvgIpc) is 2.41. The molecule has 1 saturated carbocycles. The van der Waals surface area contributed by atoms with Crippen LogP contribution in [0.5, 0.6) is 0 Å². The Morgan fingerprint density at radius 2 is 1.89 bits per heavy atom. The number of halogens is 2. The van der Waals surface area contributed by atoms with Crippen LogP contribution in [0.1, 0.15) is 37.7 Å². The van der Waals surface area contributed by atoms with Gasteiger partial charge in [-0.25, -0.2) is 0 Å². The van der Waals surface area contributed by atoms with E-state index in [-0.39, 0.29) is 6.61 Å². The first-order chi connectivity index (χ1) is 8.70. The first-order valence-corrected chi connectivity index (χ1v) is 7.22. The van der Waals surface area contributed by atoms with Gasteiger partial charge in [0.15, 0.2) is 0 Å². The Morgan fingerprint density at radius 3 is 2.50 bits per heavy atom. The highest BCUT2D eigenvalue weighted by molar-refractivity contribution is 6.42. The Morgan fingerprint density at radius 1 is 1.17 bits per heavy atom. The van der Waals surface area contributed by atoms with Gasteiger partial charge in [-0.1, -0.05) is 54.6 Å². The number of hydrogen-bond donors (Lipinski definition) is 1. The zero-order chi connectivity index (χ0) is 13.0. The van der Waals surface area contributed by atoms with Crippen molar-refractivity contribution in [2.45, 2.75) is 32.1 Å². The molecule has 0 amide bonds. The summed E-state index contributed by atoms with van der Waals surface area (Å²) in [7, 11) is 0. The summed E-state index contributed by atoms with van der Waals surface area (Å²) in [5.74, 6) is 0.526. The van der Waals surface area contributed by atoms with Crippen molar-refractivity contribution in [3.05, 3.63) is 39.4 Å². The second-order valence-electron chi connectivity index (χ2n) is 4.89. The largest absolute Gasteiger partial charge is 0.392 e. The van der Waals surface area contributed by atoms with Crippen LogP contribution in [0.2, 0.25) is 10.0 Å². The fourth-order valence-corrected chi connectivity index (χ4v) is 2.89. The summed E-state index contributed by atoms with van der Waals surface area (Å²) < 4.78 is 0. The van der Waals surface area contributed by atoms with E-state index in [9.17, 15) is 5.11 Å². The van der Waals surface area contributed by atoms with Gasteiger partial charge in [-0.2, -0.15) is 0 Å². The Labute approximate surface area is 118 Å². The smallest absolute Gasteiger partial charge is 0.0647 e. The van der Waals surface area contributed by atoms with E-state index in [1.807, 2.05) is 12.1 Å². The molecule has 1 aromatic carbocycles. The quantitative estimate of drug-likeness (QED) is 0.833. The molecule has 1 nitrogen and oxygen atoms in total. The topological polar surface area (TPSA) is 20.2 Å². The van der Waals surface area contributed by atoms with Crippen molar-refractivity contribution in [1.82, 2.24) is 0 Å². The molecule has 18 heavy (non-hydrogen) atoms. The molecule has 3 heteroatoms. The van der Waals surface area contributed by atoms with Gasteiger partial charge in [0.05, 0.1) is 16.7 Å². The molecular weight excluding hydrogens is 267 g/mol. The lowest BCUT2D eigenvalue weighted by atomic mass is 9.83. The minimum Gasteiger partial charge on any atom is -0.392 e. The molecule has 1 aliphatic carbocycles. The summed E-state index contributed by atoms with van der Waals surface area (Å²) in [5.41, 5.74) is 2.13. The Hall–Kier alpha value is -0.500. The van der Waals surface area contributed by atoms with E-state index < -0.39 is 0 Å². The molecule has 2 rings (SSSR count). The summed E-state index contributed by atoms with van der Waals surface area (Å²) in [4.78, 5) is 0. The number of benzene rings is 1. The molecule has 1 aromatic rings. The molecule has 0 radical (unpaired) electrons. The van der Waals surface area contributed by atoms with Crippen molar-refractivity contribution >= 4 is 29.3 Å². The van der Waals surface area contributed by atoms with Gasteiger partial charge >= 0.3 is 0 Å². The van der Waals surface area contributed by atoms with E-state index in [0.29, 0.717) is 16.0 Å². The maximum Gasteiger partial charge on any atom is 0.0647 e. The highest BCUT2D eigenvalue weighted by Crippen LogP contribution is 2.31. The summed E-state index contributed by atoms with van der Waals surface area (Å²) in [6.07, 6.45) is 8.29. The van der Waals surface area contributed by atoms with Crippen LogP contribution in [0.4, 0.5) is 0 Å². The van der Waals surface area contributed by atoms with Gasteiger partial charge in [0.25, 0.3) is 0 Å². The maximum absolute atomic E-state index is 9.54. The van der Waals surface area contributed by atoms with E-state index in [1.165, 1.54) is 32.1 Å². The van der Waals surface area contributed by atoms with E-state index >= 15 is 0 Å². The minimum absolute atomic E-state index is 0.130. The molecule has 0 unspecified atom stereocenters. The summed E-state index contributed by atoms with van der Waals surface area (Å²) in [5, 5.41) is 10.7. The average molecular weight is 285 g/mol. The molecule has 0 bridgehead atoms. The first-order valence-electron chi connectivity index (χ1n) is 6.47. The zero-order valence-corrected chi connectivity index (χ0v) is 11.8. The van der Waals surface area contributed by atoms with Gasteiger partial charge < -0.3 is 5.11 Å². The van der Waals surface area contributed by atoms with Gasteiger partial charge in [0.2, 0.25) is 0 Å². The zero-order valence-electron chi connectivity index (χ0n) is 10.3. The third-order valence-corrected chi connectivity index (χ3v) is 4.35. The number of hydrogen-bond acceptors (Lipinski definition) is 1. The van der Waals surface area contributed by atoms with Crippen molar-refractivity contribution in [1.29, 1.82) is 0 Å². The van der Waals surface area contributed by atoms with Crippen molar-refractivity contribution in [3.63, 3.8) is 0 Å². The van der Waals surface area contributed by atoms with Crippen molar-refractivity contribution in [2.75, 3.05) is 6.61 Å². The molecule has 1 fully saturated rings. The van der Waals surface area contributed by atoms with Crippen LogP contribution >= 0.6 is 23.2 Å². The molecule has 0 saturated heterocycles. The monoisotopic (exact) mass is 284 g/mol. The van der Waals surface area contributed by atoms with Crippen LogP contribution in [0.3, 0.4) is 0 Å².